The molecule has 1 amide bonds. The Labute approximate surface area is 135 Å². The second-order valence-corrected chi connectivity index (χ2v) is 6.84. The minimum atomic E-state index is -0.523. The zero-order chi connectivity index (χ0) is 17.2. The third-order valence-electron chi connectivity index (χ3n) is 3.37. The van der Waals surface area contributed by atoms with Crippen LogP contribution in [0.5, 0.6) is 0 Å². The summed E-state index contributed by atoms with van der Waals surface area (Å²) >= 11 is 0. The Balaban J connectivity index is 4.65. The van der Waals surface area contributed by atoms with Crippen molar-refractivity contribution in [2.75, 3.05) is 27.2 Å². The molecule has 0 aliphatic carbocycles. The molecule has 1 N–H and O–H groups in total. The van der Waals surface area contributed by atoms with E-state index in [4.69, 9.17) is 16.0 Å². The number of ether oxygens (including phenoxy) is 1. The van der Waals surface area contributed by atoms with Crippen LogP contribution in [0.2, 0.25) is 0 Å². The van der Waals surface area contributed by atoms with Crippen molar-refractivity contribution in [3.05, 3.63) is 0 Å². The molecule has 0 aliphatic rings. The van der Waals surface area contributed by atoms with E-state index >= 15 is 0 Å². The van der Waals surface area contributed by atoms with E-state index in [1.807, 2.05) is 27.8 Å². The fraction of sp³-hybridized carbons (Fsp3) is 0.824. The van der Waals surface area contributed by atoms with Gasteiger partial charge in [0.1, 0.15) is 18.7 Å². The van der Waals surface area contributed by atoms with Crippen molar-refractivity contribution in [3.63, 3.8) is 0 Å². The standard InChI is InChI=1S/C17H32N2O3/c1-8-10-11-13-19(6,21-7)14-15(12-9-2)18-16(20)22-17(3,4)5/h2,15H,8,10-14H2,1,3-7H3/p+1. The number of unbranched alkanes of at least 4 members (excludes halogenated alkanes) is 2. The van der Waals surface area contributed by atoms with E-state index in [0.717, 1.165) is 25.8 Å². The SMILES string of the molecule is C#CCC(C[N+](C)(CCCCC)OC)NC(=O)OC(C)(C)C. The van der Waals surface area contributed by atoms with Gasteiger partial charge in [0.2, 0.25) is 0 Å². The van der Waals surface area contributed by atoms with Gasteiger partial charge in [-0.25, -0.2) is 9.63 Å². The van der Waals surface area contributed by atoms with Crippen molar-refractivity contribution < 1.29 is 19.0 Å². The zero-order valence-corrected chi connectivity index (χ0v) is 15.1. The van der Waals surface area contributed by atoms with Gasteiger partial charge < -0.3 is 10.1 Å². The molecule has 5 nitrogen and oxygen atoms in total. The molecule has 0 spiro atoms. The zero-order valence-electron chi connectivity index (χ0n) is 15.1. The first-order valence-corrected chi connectivity index (χ1v) is 7.99. The molecule has 0 aliphatic heterocycles. The minimum absolute atomic E-state index is 0.175. The van der Waals surface area contributed by atoms with Gasteiger partial charge >= 0.3 is 6.09 Å². The smallest absolute Gasteiger partial charge is 0.408 e. The number of carbonyl (C=O) groups excluding carboxylic acids is 1. The summed E-state index contributed by atoms with van der Waals surface area (Å²) in [5.74, 6) is 2.61. The van der Waals surface area contributed by atoms with Crippen molar-refractivity contribution in [2.45, 2.75) is 65.0 Å². The monoisotopic (exact) mass is 313 g/mol. The predicted molar refractivity (Wildman–Crippen MR) is 89.1 cm³/mol. The number of quaternary nitrogens is 1. The summed E-state index contributed by atoms with van der Waals surface area (Å²) in [4.78, 5) is 17.5. The van der Waals surface area contributed by atoms with Crippen LogP contribution in [0.1, 0.15) is 53.4 Å². The topological polar surface area (TPSA) is 47.6 Å². The van der Waals surface area contributed by atoms with Gasteiger partial charge in [0.15, 0.2) is 0 Å². The molecule has 128 valence electrons. The van der Waals surface area contributed by atoms with Gasteiger partial charge in [-0.1, -0.05) is 13.3 Å². The number of hydrogen-bond donors (Lipinski definition) is 1. The molecule has 2 atom stereocenters. The van der Waals surface area contributed by atoms with Crippen molar-refractivity contribution in [2.24, 2.45) is 0 Å². The van der Waals surface area contributed by atoms with Crippen LogP contribution in [-0.4, -0.2) is 49.6 Å². The van der Waals surface area contributed by atoms with E-state index < -0.39 is 11.7 Å². The maximum absolute atomic E-state index is 11.9. The van der Waals surface area contributed by atoms with E-state index in [1.54, 1.807) is 7.11 Å². The molecule has 0 aromatic carbocycles. The first kappa shape index (κ1) is 20.8. The summed E-state index contributed by atoms with van der Waals surface area (Å²) < 4.78 is 5.71. The fourth-order valence-electron chi connectivity index (χ4n) is 2.20. The number of rotatable bonds is 9. The molecule has 0 saturated carbocycles. The molecule has 0 aromatic heterocycles. The number of amides is 1. The van der Waals surface area contributed by atoms with Gasteiger partial charge in [0.25, 0.3) is 0 Å². The number of hydrogen-bond acceptors (Lipinski definition) is 3. The highest BCUT2D eigenvalue weighted by molar-refractivity contribution is 5.68. The fourth-order valence-corrected chi connectivity index (χ4v) is 2.20. The second kappa shape index (κ2) is 9.70. The van der Waals surface area contributed by atoms with E-state index in [-0.39, 0.29) is 6.04 Å². The Kier molecular flexibility index (Phi) is 9.15. The second-order valence-electron chi connectivity index (χ2n) is 6.84. The van der Waals surface area contributed by atoms with Crippen LogP contribution in [0.15, 0.2) is 0 Å². The van der Waals surface area contributed by atoms with E-state index in [9.17, 15) is 4.79 Å². The third kappa shape index (κ3) is 9.64. The number of nitrogens with one attached hydrogen (secondary N) is 1. The summed E-state index contributed by atoms with van der Waals surface area (Å²) in [5.41, 5.74) is -0.523. The van der Waals surface area contributed by atoms with Gasteiger partial charge in [0.05, 0.1) is 20.2 Å². The number of nitrogens with zero attached hydrogens (tertiary/aromatic N) is 1. The summed E-state index contributed by atoms with van der Waals surface area (Å²) in [7, 11) is 3.70. The molecule has 0 rings (SSSR count). The quantitative estimate of drug-likeness (QED) is 0.308. The Morgan fingerprint density at radius 2 is 2.00 bits per heavy atom. The highest BCUT2D eigenvalue weighted by Crippen LogP contribution is 2.12. The molecule has 5 heteroatoms. The van der Waals surface area contributed by atoms with E-state index in [1.165, 1.54) is 0 Å². The third-order valence-corrected chi connectivity index (χ3v) is 3.37. The minimum Gasteiger partial charge on any atom is -0.444 e. The van der Waals surface area contributed by atoms with Crippen LogP contribution >= 0.6 is 0 Å². The normalized spacial score (nSPS) is 15.5. The summed E-state index contributed by atoms with van der Waals surface area (Å²) in [5, 5.41) is 2.86. The summed E-state index contributed by atoms with van der Waals surface area (Å²) in [6, 6.07) is -0.175. The van der Waals surface area contributed by atoms with Crippen LogP contribution in [0.3, 0.4) is 0 Å². The van der Waals surface area contributed by atoms with Crippen molar-refractivity contribution in [1.82, 2.24) is 5.32 Å². The van der Waals surface area contributed by atoms with Gasteiger partial charge in [-0.2, -0.15) is 4.65 Å². The molecule has 0 saturated heterocycles. The van der Waals surface area contributed by atoms with E-state index in [2.05, 4.69) is 18.2 Å². The maximum atomic E-state index is 11.9. The first-order valence-electron chi connectivity index (χ1n) is 7.99. The largest absolute Gasteiger partial charge is 0.444 e. The molecule has 0 heterocycles. The number of carbonyl (C=O) groups is 1. The Hall–Kier alpha value is -1.25. The molecule has 22 heavy (non-hydrogen) atoms. The first-order chi connectivity index (χ1) is 10.2. The van der Waals surface area contributed by atoms with Crippen molar-refractivity contribution >= 4 is 6.09 Å². The van der Waals surface area contributed by atoms with Gasteiger partial charge in [-0.3, -0.25) is 0 Å². The average molecular weight is 313 g/mol. The Bertz CT molecular complexity index is 371. The van der Waals surface area contributed by atoms with Crippen molar-refractivity contribution in [1.29, 1.82) is 0 Å². The van der Waals surface area contributed by atoms with Gasteiger partial charge in [-0.15, -0.1) is 12.3 Å². The lowest BCUT2D eigenvalue weighted by molar-refractivity contribution is -1.09. The highest BCUT2D eigenvalue weighted by Gasteiger charge is 2.29. The van der Waals surface area contributed by atoms with Crippen LogP contribution in [0, 0.1) is 12.3 Å². The Morgan fingerprint density at radius 1 is 1.36 bits per heavy atom. The van der Waals surface area contributed by atoms with Crippen LogP contribution < -0.4 is 5.32 Å². The lowest BCUT2D eigenvalue weighted by atomic mass is 10.1. The molecule has 0 fully saturated rings. The predicted octanol–water partition coefficient (Wildman–Crippen LogP) is 3.10. The summed E-state index contributed by atoms with van der Waals surface area (Å²) in [6.07, 6.45) is 8.84. The highest BCUT2D eigenvalue weighted by atomic mass is 16.7. The lowest BCUT2D eigenvalue weighted by Gasteiger charge is -2.33. The van der Waals surface area contributed by atoms with E-state index in [0.29, 0.717) is 17.6 Å². The van der Waals surface area contributed by atoms with Gasteiger partial charge in [-0.05, 0) is 33.6 Å². The molecular weight excluding hydrogens is 280 g/mol. The number of hydroxylamine groups is 3. The van der Waals surface area contributed by atoms with Crippen molar-refractivity contribution in [3.8, 4) is 12.3 Å². The number of alkyl carbamates (subject to hydrolysis) is 1. The summed E-state index contributed by atoms with van der Waals surface area (Å²) in [6.45, 7) is 9.18. The lowest BCUT2D eigenvalue weighted by Crippen LogP contribution is -2.53. The molecular formula is C17H33N2O3+. The molecule has 0 aromatic rings. The number of likely N-dealkylation sites (N-methyl/N-ethyl adjacent to an activating group) is 1. The molecule has 0 bridgehead atoms. The maximum Gasteiger partial charge on any atom is 0.408 e. The number of terminal acetylenes is 1. The van der Waals surface area contributed by atoms with Gasteiger partial charge in [0, 0.05) is 6.42 Å². The Morgan fingerprint density at radius 3 is 2.45 bits per heavy atom. The van der Waals surface area contributed by atoms with Crippen LogP contribution in [-0.2, 0) is 9.57 Å². The van der Waals surface area contributed by atoms with Crippen LogP contribution in [0.4, 0.5) is 4.79 Å². The average Bonchev–Trinajstić information content (AvgIpc) is 2.37. The molecule has 2 unspecified atom stereocenters. The molecule has 0 radical (unpaired) electrons. The van der Waals surface area contributed by atoms with Crippen LogP contribution in [0.25, 0.3) is 0 Å².